The first-order chi connectivity index (χ1) is 13.5. The Hall–Kier alpha value is -3.66. The van der Waals surface area contributed by atoms with Gasteiger partial charge in [-0.1, -0.05) is 60.2 Å². The highest BCUT2D eigenvalue weighted by molar-refractivity contribution is 5.94. The van der Waals surface area contributed by atoms with E-state index < -0.39 is 5.97 Å². The lowest BCUT2D eigenvalue weighted by molar-refractivity contribution is 0.0730. The van der Waals surface area contributed by atoms with Crippen molar-refractivity contribution in [3.05, 3.63) is 99.7 Å². The number of benzene rings is 3. The van der Waals surface area contributed by atoms with E-state index in [1.54, 1.807) is 36.4 Å². The number of rotatable bonds is 3. The maximum absolute atomic E-state index is 13.1. The summed E-state index contributed by atoms with van der Waals surface area (Å²) < 4.78 is 11.6. The Labute approximate surface area is 162 Å². The summed E-state index contributed by atoms with van der Waals surface area (Å²) in [6, 6.07) is 21.5. The highest BCUT2D eigenvalue weighted by Crippen LogP contribution is 2.31. The summed E-state index contributed by atoms with van der Waals surface area (Å²) in [6.07, 6.45) is 0. The zero-order valence-corrected chi connectivity index (χ0v) is 15.6. The first-order valence-electron chi connectivity index (χ1n) is 8.95. The molecule has 4 rings (SSSR count). The largest absolute Gasteiger partial charge is 0.452 e. The van der Waals surface area contributed by atoms with E-state index in [1.165, 1.54) is 0 Å². The predicted octanol–water partition coefficient (Wildman–Crippen LogP) is 5.30. The smallest absolute Gasteiger partial charge is 0.344 e. The van der Waals surface area contributed by atoms with Crippen molar-refractivity contribution in [2.45, 2.75) is 13.8 Å². The SMILES string of the molecule is Cc1ccc(-c2oc3ccccc3c(=O)c2OC(=O)c2ccccc2C)cc1. The monoisotopic (exact) mass is 370 g/mol. The van der Waals surface area contributed by atoms with Crippen LogP contribution in [0.3, 0.4) is 0 Å². The van der Waals surface area contributed by atoms with Crippen molar-refractivity contribution in [2.24, 2.45) is 0 Å². The normalized spacial score (nSPS) is 10.8. The van der Waals surface area contributed by atoms with Crippen molar-refractivity contribution in [1.82, 2.24) is 0 Å². The van der Waals surface area contributed by atoms with Crippen LogP contribution < -0.4 is 10.2 Å². The third-order valence-corrected chi connectivity index (χ3v) is 4.63. The minimum absolute atomic E-state index is 0.101. The summed E-state index contributed by atoms with van der Waals surface area (Å²) in [6.45, 7) is 3.79. The van der Waals surface area contributed by atoms with Crippen LogP contribution in [0.2, 0.25) is 0 Å². The molecule has 4 aromatic rings. The van der Waals surface area contributed by atoms with Crippen molar-refractivity contribution in [1.29, 1.82) is 0 Å². The molecule has 4 nitrogen and oxygen atoms in total. The highest BCUT2D eigenvalue weighted by Gasteiger charge is 2.21. The number of fused-ring (bicyclic) bond motifs is 1. The summed E-state index contributed by atoms with van der Waals surface area (Å²) in [5.74, 6) is -0.449. The van der Waals surface area contributed by atoms with E-state index in [0.29, 0.717) is 22.1 Å². The molecule has 0 spiro atoms. The molecule has 0 bridgehead atoms. The van der Waals surface area contributed by atoms with E-state index in [1.807, 2.05) is 50.2 Å². The number of carbonyl (C=O) groups is 1. The summed E-state index contributed by atoms with van der Waals surface area (Å²) in [7, 11) is 0. The molecule has 28 heavy (non-hydrogen) atoms. The average Bonchev–Trinajstić information content (AvgIpc) is 2.71. The van der Waals surface area contributed by atoms with Crippen molar-refractivity contribution >= 4 is 16.9 Å². The van der Waals surface area contributed by atoms with E-state index in [-0.39, 0.29) is 16.9 Å². The Morgan fingerprint density at radius 3 is 2.29 bits per heavy atom. The van der Waals surface area contributed by atoms with Gasteiger partial charge >= 0.3 is 5.97 Å². The fourth-order valence-corrected chi connectivity index (χ4v) is 3.06. The molecule has 3 aromatic carbocycles. The number of hydrogen-bond donors (Lipinski definition) is 0. The molecule has 0 aliphatic rings. The molecule has 4 heteroatoms. The Balaban J connectivity index is 1.90. The second-order valence-electron chi connectivity index (χ2n) is 6.66. The van der Waals surface area contributed by atoms with Crippen molar-refractivity contribution < 1.29 is 13.9 Å². The average molecular weight is 370 g/mol. The molecular formula is C24H18O4. The van der Waals surface area contributed by atoms with Crippen LogP contribution in [-0.4, -0.2) is 5.97 Å². The van der Waals surface area contributed by atoms with E-state index >= 15 is 0 Å². The molecule has 0 radical (unpaired) electrons. The maximum Gasteiger partial charge on any atom is 0.344 e. The molecule has 0 N–H and O–H groups in total. The van der Waals surface area contributed by atoms with Gasteiger partial charge in [0, 0.05) is 5.56 Å². The molecule has 0 aliphatic heterocycles. The van der Waals surface area contributed by atoms with Gasteiger partial charge in [0.15, 0.2) is 5.76 Å². The Morgan fingerprint density at radius 2 is 1.54 bits per heavy atom. The van der Waals surface area contributed by atoms with Crippen LogP contribution in [0.1, 0.15) is 21.5 Å². The fourth-order valence-electron chi connectivity index (χ4n) is 3.06. The fraction of sp³-hybridized carbons (Fsp3) is 0.0833. The second kappa shape index (κ2) is 7.16. The molecule has 138 valence electrons. The molecular weight excluding hydrogens is 352 g/mol. The first-order valence-corrected chi connectivity index (χ1v) is 8.95. The molecule has 0 amide bonds. The van der Waals surface area contributed by atoms with Gasteiger partial charge in [0.05, 0.1) is 10.9 Å². The van der Waals surface area contributed by atoms with Crippen LogP contribution >= 0.6 is 0 Å². The van der Waals surface area contributed by atoms with Crippen LogP contribution in [0, 0.1) is 13.8 Å². The molecule has 0 atom stereocenters. The molecule has 1 heterocycles. The summed E-state index contributed by atoms with van der Waals surface area (Å²) in [5, 5.41) is 0.367. The quantitative estimate of drug-likeness (QED) is 0.460. The minimum atomic E-state index is -0.589. The van der Waals surface area contributed by atoms with Crippen LogP contribution in [0.5, 0.6) is 5.75 Å². The van der Waals surface area contributed by atoms with Gasteiger partial charge in [-0.25, -0.2) is 4.79 Å². The van der Waals surface area contributed by atoms with Crippen LogP contribution in [0.25, 0.3) is 22.3 Å². The van der Waals surface area contributed by atoms with Gasteiger partial charge in [0.2, 0.25) is 11.2 Å². The van der Waals surface area contributed by atoms with Gasteiger partial charge in [0.25, 0.3) is 0 Å². The minimum Gasteiger partial charge on any atom is -0.452 e. The van der Waals surface area contributed by atoms with Gasteiger partial charge in [-0.2, -0.15) is 0 Å². The summed E-state index contributed by atoms with van der Waals surface area (Å²) >= 11 is 0. The lowest BCUT2D eigenvalue weighted by atomic mass is 10.1. The Morgan fingerprint density at radius 1 is 0.857 bits per heavy atom. The molecule has 0 aliphatic carbocycles. The lowest BCUT2D eigenvalue weighted by Gasteiger charge is -2.11. The van der Waals surface area contributed by atoms with Crippen LogP contribution in [0.15, 0.2) is 82.0 Å². The van der Waals surface area contributed by atoms with E-state index in [2.05, 4.69) is 0 Å². The molecule has 1 aromatic heterocycles. The number of para-hydroxylation sites is 1. The zero-order chi connectivity index (χ0) is 19.7. The van der Waals surface area contributed by atoms with E-state index in [9.17, 15) is 9.59 Å². The van der Waals surface area contributed by atoms with Gasteiger partial charge < -0.3 is 9.15 Å². The molecule has 0 fully saturated rings. The van der Waals surface area contributed by atoms with Gasteiger partial charge in [0.1, 0.15) is 5.58 Å². The van der Waals surface area contributed by atoms with Crippen molar-refractivity contribution in [2.75, 3.05) is 0 Å². The van der Waals surface area contributed by atoms with Crippen molar-refractivity contribution in [3.8, 4) is 17.1 Å². The van der Waals surface area contributed by atoms with Gasteiger partial charge in [-0.05, 0) is 37.6 Å². The third-order valence-electron chi connectivity index (χ3n) is 4.63. The standard InChI is InChI=1S/C24H18O4/c1-15-11-13-17(14-12-15)22-23(21(25)19-9-5-6-10-20(19)27-22)28-24(26)18-8-4-3-7-16(18)2/h3-14H,1-2H3. The second-order valence-corrected chi connectivity index (χ2v) is 6.66. The van der Waals surface area contributed by atoms with E-state index in [4.69, 9.17) is 9.15 Å². The zero-order valence-electron chi connectivity index (χ0n) is 15.6. The molecule has 0 saturated heterocycles. The van der Waals surface area contributed by atoms with Crippen LogP contribution in [0.4, 0.5) is 0 Å². The summed E-state index contributed by atoms with van der Waals surface area (Å²) in [4.78, 5) is 25.9. The Bertz CT molecular complexity index is 1230. The number of hydrogen-bond acceptors (Lipinski definition) is 4. The molecule has 0 unspecified atom stereocenters. The maximum atomic E-state index is 13.1. The predicted molar refractivity (Wildman–Crippen MR) is 109 cm³/mol. The number of esters is 1. The van der Waals surface area contributed by atoms with Crippen molar-refractivity contribution in [3.63, 3.8) is 0 Å². The number of ether oxygens (including phenoxy) is 1. The highest BCUT2D eigenvalue weighted by atomic mass is 16.5. The van der Waals surface area contributed by atoms with Crippen LogP contribution in [-0.2, 0) is 0 Å². The first kappa shape index (κ1) is 17.7. The number of aryl methyl sites for hydroxylation is 2. The molecule has 0 saturated carbocycles. The lowest BCUT2D eigenvalue weighted by Crippen LogP contribution is -2.17. The number of carbonyl (C=O) groups excluding carboxylic acids is 1. The summed E-state index contributed by atoms with van der Waals surface area (Å²) in [5.41, 5.74) is 2.99. The van der Waals surface area contributed by atoms with E-state index in [0.717, 1.165) is 11.1 Å². The third kappa shape index (κ3) is 3.21. The van der Waals surface area contributed by atoms with Gasteiger partial charge in [-0.3, -0.25) is 4.79 Å². The Kier molecular flexibility index (Phi) is 4.53. The topological polar surface area (TPSA) is 56.5 Å². The van der Waals surface area contributed by atoms with Gasteiger partial charge in [-0.15, -0.1) is 0 Å².